The van der Waals surface area contributed by atoms with Gasteiger partial charge in [-0.05, 0) is 56.9 Å². The lowest BCUT2D eigenvalue weighted by Crippen LogP contribution is -2.36. The van der Waals surface area contributed by atoms with Crippen LogP contribution in [0.5, 0.6) is 0 Å². The summed E-state index contributed by atoms with van der Waals surface area (Å²) in [4.78, 5) is 0. The average molecular weight is 181 g/mol. The standard InChI is InChI=1S/C12H23N/c1-3-6-13-9(2)12-8-10-4-5-11(12)7-10/h9-13H,3-8H2,1-2H3/t9-,10+,11+,12-/m0/s1. The van der Waals surface area contributed by atoms with Crippen LogP contribution in [-0.4, -0.2) is 12.6 Å². The van der Waals surface area contributed by atoms with E-state index in [1.807, 2.05) is 0 Å². The summed E-state index contributed by atoms with van der Waals surface area (Å²) in [5.41, 5.74) is 0. The second kappa shape index (κ2) is 4.00. The highest BCUT2D eigenvalue weighted by atomic mass is 14.9. The molecule has 0 amide bonds. The highest BCUT2D eigenvalue weighted by molar-refractivity contribution is 4.93. The van der Waals surface area contributed by atoms with Gasteiger partial charge in [0.1, 0.15) is 0 Å². The molecular formula is C12H23N. The van der Waals surface area contributed by atoms with E-state index in [9.17, 15) is 0 Å². The monoisotopic (exact) mass is 181 g/mol. The second-order valence-electron chi connectivity index (χ2n) is 5.08. The first-order chi connectivity index (χ1) is 6.31. The predicted octanol–water partition coefficient (Wildman–Crippen LogP) is 2.81. The Labute approximate surface area is 82.3 Å². The number of hydrogen-bond acceptors (Lipinski definition) is 1. The predicted molar refractivity (Wildman–Crippen MR) is 56.7 cm³/mol. The molecule has 0 aliphatic heterocycles. The Kier molecular flexibility index (Phi) is 2.92. The summed E-state index contributed by atoms with van der Waals surface area (Å²) in [5.74, 6) is 3.18. The highest BCUT2D eigenvalue weighted by Crippen LogP contribution is 2.49. The molecule has 2 aliphatic rings. The van der Waals surface area contributed by atoms with Crippen molar-refractivity contribution in [1.82, 2.24) is 5.32 Å². The molecule has 2 aliphatic carbocycles. The van der Waals surface area contributed by atoms with E-state index in [-0.39, 0.29) is 0 Å². The molecule has 1 heteroatoms. The molecule has 0 aromatic heterocycles. The summed E-state index contributed by atoms with van der Waals surface area (Å²) in [6.45, 7) is 5.84. The minimum atomic E-state index is 0.773. The molecule has 13 heavy (non-hydrogen) atoms. The van der Waals surface area contributed by atoms with Crippen molar-refractivity contribution < 1.29 is 0 Å². The van der Waals surface area contributed by atoms with Crippen LogP contribution < -0.4 is 5.32 Å². The first kappa shape index (κ1) is 9.51. The third-order valence-electron chi connectivity index (χ3n) is 4.15. The number of rotatable bonds is 4. The van der Waals surface area contributed by atoms with Gasteiger partial charge in [0.25, 0.3) is 0 Å². The van der Waals surface area contributed by atoms with E-state index in [0.29, 0.717) is 0 Å². The molecule has 2 saturated carbocycles. The summed E-state index contributed by atoms with van der Waals surface area (Å²) in [7, 11) is 0. The minimum Gasteiger partial charge on any atom is -0.314 e. The maximum atomic E-state index is 3.66. The van der Waals surface area contributed by atoms with Crippen LogP contribution in [0.25, 0.3) is 0 Å². The van der Waals surface area contributed by atoms with Gasteiger partial charge >= 0.3 is 0 Å². The van der Waals surface area contributed by atoms with Crippen LogP contribution in [0.4, 0.5) is 0 Å². The molecule has 2 bridgehead atoms. The van der Waals surface area contributed by atoms with E-state index >= 15 is 0 Å². The fourth-order valence-electron chi connectivity index (χ4n) is 3.43. The first-order valence-corrected chi connectivity index (χ1v) is 6.04. The first-order valence-electron chi connectivity index (χ1n) is 6.04. The zero-order valence-electron chi connectivity index (χ0n) is 9.05. The molecule has 2 fully saturated rings. The molecule has 0 saturated heterocycles. The lowest BCUT2D eigenvalue weighted by Gasteiger charge is -2.28. The van der Waals surface area contributed by atoms with Gasteiger partial charge in [0.05, 0.1) is 0 Å². The third kappa shape index (κ3) is 1.90. The van der Waals surface area contributed by atoms with Gasteiger partial charge in [-0.25, -0.2) is 0 Å². The Hall–Kier alpha value is -0.0400. The van der Waals surface area contributed by atoms with E-state index in [1.54, 1.807) is 6.42 Å². The van der Waals surface area contributed by atoms with E-state index in [2.05, 4.69) is 19.2 Å². The number of hydrogen-bond donors (Lipinski definition) is 1. The van der Waals surface area contributed by atoms with E-state index in [1.165, 1.54) is 32.2 Å². The van der Waals surface area contributed by atoms with E-state index in [4.69, 9.17) is 0 Å². The summed E-state index contributed by atoms with van der Waals surface area (Å²) in [5, 5.41) is 3.66. The molecule has 0 heterocycles. The van der Waals surface area contributed by atoms with Gasteiger partial charge in [0.15, 0.2) is 0 Å². The van der Waals surface area contributed by atoms with Crippen LogP contribution in [0.1, 0.15) is 46.0 Å². The van der Waals surface area contributed by atoms with Crippen LogP contribution in [-0.2, 0) is 0 Å². The maximum absolute atomic E-state index is 3.66. The van der Waals surface area contributed by atoms with Gasteiger partial charge in [-0.3, -0.25) is 0 Å². The zero-order valence-corrected chi connectivity index (χ0v) is 9.05. The molecule has 0 radical (unpaired) electrons. The average Bonchev–Trinajstić information content (AvgIpc) is 2.74. The minimum absolute atomic E-state index is 0.773. The quantitative estimate of drug-likeness (QED) is 0.703. The van der Waals surface area contributed by atoms with Crippen LogP contribution in [0.3, 0.4) is 0 Å². The fraction of sp³-hybridized carbons (Fsp3) is 1.00. The van der Waals surface area contributed by atoms with Crippen molar-refractivity contribution in [1.29, 1.82) is 0 Å². The van der Waals surface area contributed by atoms with Gasteiger partial charge in [0, 0.05) is 6.04 Å². The molecule has 0 unspecified atom stereocenters. The summed E-state index contributed by atoms with van der Waals surface area (Å²) in [6.07, 6.45) is 7.38. The molecule has 76 valence electrons. The third-order valence-corrected chi connectivity index (χ3v) is 4.15. The normalized spacial score (nSPS) is 39.7. The van der Waals surface area contributed by atoms with Gasteiger partial charge < -0.3 is 5.32 Å². The largest absolute Gasteiger partial charge is 0.314 e. The SMILES string of the molecule is CCCN[C@@H](C)[C@@H]1C[C@@H]2CC[C@@H]1C2. The molecule has 1 nitrogen and oxygen atoms in total. The Bertz CT molecular complexity index is 167. The smallest absolute Gasteiger partial charge is 0.00697 e. The van der Waals surface area contributed by atoms with Crippen LogP contribution in [0, 0.1) is 17.8 Å². The molecule has 0 aromatic carbocycles. The summed E-state index contributed by atoms with van der Waals surface area (Å²) >= 11 is 0. The van der Waals surface area contributed by atoms with Gasteiger partial charge in [-0.2, -0.15) is 0 Å². The van der Waals surface area contributed by atoms with Crippen molar-refractivity contribution in [3.63, 3.8) is 0 Å². The number of nitrogens with one attached hydrogen (secondary N) is 1. The molecule has 0 spiro atoms. The lowest BCUT2D eigenvalue weighted by molar-refractivity contribution is 0.261. The summed E-state index contributed by atoms with van der Waals surface area (Å²) in [6, 6.07) is 0.773. The molecular weight excluding hydrogens is 158 g/mol. The molecule has 4 atom stereocenters. The zero-order chi connectivity index (χ0) is 9.26. The van der Waals surface area contributed by atoms with Crippen molar-refractivity contribution >= 4 is 0 Å². The van der Waals surface area contributed by atoms with Crippen LogP contribution in [0.15, 0.2) is 0 Å². The number of fused-ring (bicyclic) bond motifs is 2. The van der Waals surface area contributed by atoms with Crippen molar-refractivity contribution in [3.05, 3.63) is 0 Å². The highest BCUT2D eigenvalue weighted by Gasteiger charge is 2.41. The summed E-state index contributed by atoms with van der Waals surface area (Å²) < 4.78 is 0. The van der Waals surface area contributed by atoms with Crippen molar-refractivity contribution in [2.45, 2.75) is 52.0 Å². The molecule has 0 aromatic rings. The molecule has 1 N–H and O–H groups in total. The Balaban J connectivity index is 1.80. The van der Waals surface area contributed by atoms with Crippen LogP contribution >= 0.6 is 0 Å². The Morgan fingerprint density at radius 3 is 2.69 bits per heavy atom. The molecule has 2 rings (SSSR count). The van der Waals surface area contributed by atoms with Crippen LogP contribution in [0.2, 0.25) is 0 Å². The Morgan fingerprint density at radius 2 is 2.15 bits per heavy atom. The van der Waals surface area contributed by atoms with E-state index in [0.717, 1.165) is 23.8 Å². The maximum Gasteiger partial charge on any atom is 0.00697 e. The van der Waals surface area contributed by atoms with Crippen molar-refractivity contribution in [2.75, 3.05) is 6.54 Å². The topological polar surface area (TPSA) is 12.0 Å². The van der Waals surface area contributed by atoms with Gasteiger partial charge in [0.2, 0.25) is 0 Å². The lowest BCUT2D eigenvalue weighted by atomic mass is 9.84. The van der Waals surface area contributed by atoms with Gasteiger partial charge in [-0.15, -0.1) is 0 Å². The fourth-order valence-corrected chi connectivity index (χ4v) is 3.43. The van der Waals surface area contributed by atoms with Crippen molar-refractivity contribution in [2.24, 2.45) is 17.8 Å². The second-order valence-corrected chi connectivity index (χ2v) is 5.08. The van der Waals surface area contributed by atoms with Gasteiger partial charge in [-0.1, -0.05) is 13.3 Å². The Morgan fingerprint density at radius 1 is 1.31 bits per heavy atom. The van der Waals surface area contributed by atoms with Crippen molar-refractivity contribution in [3.8, 4) is 0 Å². The van der Waals surface area contributed by atoms with E-state index < -0.39 is 0 Å².